The molecule has 4 N–H and O–H groups in total. The number of aromatic amines is 1. The lowest BCUT2D eigenvalue weighted by molar-refractivity contribution is 0.0698. The second-order valence-electron chi connectivity index (χ2n) is 3.06. The minimum atomic E-state index is -1.00. The van der Waals surface area contributed by atoms with Crippen molar-refractivity contribution >= 4 is 11.7 Å². The maximum atomic E-state index is 11.0. The molecule has 0 bridgehead atoms. The molecular formula is C10H9N3O2. The van der Waals surface area contributed by atoms with Crippen molar-refractivity contribution in [2.45, 2.75) is 0 Å². The van der Waals surface area contributed by atoms with Crippen molar-refractivity contribution in [3.63, 3.8) is 0 Å². The Bertz CT molecular complexity index is 491. The Morgan fingerprint density at radius 2 is 2.27 bits per heavy atom. The van der Waals surface area contributed by atoms with Gasteiger partial charge in [0, 0.05) is 23.0 Å². The van der Waals surface area contributed by atoms with E-state index in [0.717, 1.165) is 0 Å². The van der Waals surface area contributed by atoms with E-state index in [0.29, 0.717) is 16.8 Å². The molecule has 0 fully saturated rings. The number of nitrogen functional groups attached to an aromatic ring is 1. The minimum Gasteiger partial charge on any atom is -0.478 e. The summed E-state index contributed by atoms with van der Waals surface area (Å²) >= 11 is 0. The van der Waals surface area contributed by atoms with E-state index in [1.165, 1.54) is 12.3 Å². The number of nitrogens with zero attached hydrogens (tertiary/aromatic N) is 1. The number of rotatable bonds is 2. The summed E-state index contributed by atoms with van der Waals surface area (Å²) in [5.41, 5.74) is 7.52. The molecule has 0 aliphatic carbocycles. The standard InChI is InChI=1S/C10H9N3O2/c11-8-3-1-2-7(10(14)15)9(8)6-4-12-13-5-6/h1-5H,11H2,(H,12,13)(H,14,15). The van der Waals surface area contributed by atoms with Crippen molar-refractivity contribution in [3.8, 4) is 11.1 Å². The number of carbonyl (C=O) groups is 1. The first kappa shape index (κ1) is 9.26. The molecule has 76 valence electrons. The summed E-state index contributed by atoms with van der Waals surface area (Å²) in [4.78, 5) is 11.0. The number of anilines is 1. The predicted octanol–water partition coefficient (Wildman–Crippen LogP) is 1.36. The fourth-order valence-electron chi connectivity index (χ4n) is 1.46. The van der Waals surface area contributed by atoms with Crippen LogP contribution in [0, 0.1) is 0 Å². The topological polar surface area (TPSA) is 92.0 Å². The molecular weight excluding hydrogens is 194 g/mol. The Labute approximate surface area is 85.5 Å². The van der Waals surface area contributed by atoms with Crippen molar-refractivity contribution in [2.75, 3.05) is 5.73 Å². The van der Waals surface area contributed by atoms with Gasteiger partial charge in [-0.25, -0.2) is 4.79 Å². The summed E-state index contributed by atoms with van der Waals surface area (Å²) < 4.78 is 0. The van der Waals surface area contributed by atoms with Crippen LogP contribution in [0.15, 0.2) is 30.6 Å². The van der Waals surface area contributed by atoms with Crippen LogP contribution >= 0.6 is 0 Å². The van der Waals surface area contributed by atoms with Crippen LogP contribution in [0.1, 0.15) is 10.4 Å². The highest BCUT2D eigenvalue weighted by atomic mass is 16.4. The zero-order valence-electron chi connectivity index (χ0n) is 7.77. The number of nitrogens with two attached hydrogens (primary N) is 1. The third kappa shape index (κ3) is 1.54. The molecule has 5 nitrogen and oxygen atoms in total. The molecule has 0 amide bonds. The van der Waals surface area contributed by atoms with Crippen molar-refractivity contribution < 1.29 is 9.90 Å². The smallest absolute Gasteiger partial charge is 0.336 e. The van der Waals surface area contributed by atoms with Crippen LogP contribution in [0.5, 0.6) is 0 Å². The van der Waals surface area contributed by atoms with Gasteiger partial charge in [0.15, 0.2) is 0 Å². The summed E-state index contributed by atoms with van der Waals surface area (Å²) in [6, 6.07) is 4.79. The van der Waals surface area contributed by atoms with Crippen LogP contribution in [-0.4, -0.2) is 21.3 Å². The Hall–Kier alpha value is -2.30. The van der Waals surface area contributed by atoms with Crippen molar-refractivity contribution in [1.82, 2.24) is 10.2 Å². The van der Waals surface area contributed by atoms with Crippen LogP contribution in [0.3, 0.4) is 0 Å². The van der Waals surface area contributed by atoms with Gasteiger partial charge in [-0.05, 0) is 12.1 Å². The van der Waals surface area contributed by atoms with Gasteiger partial charge in [-0.2, -0.15) is 5.10 Å². The molecule has 0 unspecified atom stereocenters. The normalized spacial score (nSPS) is 10.1. The van der Waals surface area contributed by atoms with Crippen LogP contribution in [0.25, 0.3) is 11.1 Å². The Balaban J connectivity index is 2.68. The van der Waals surface area contributed by atoms with E-state index in [1.54, 1.807) is 18.3 Å². The molecule has 0 atom stereocenters. The molecule has 0 radical (unpaired) electrons. The van der Waals surface area contributed by atoms with Gasteiger partial charge >= 0.3 is 5.97 Å². The number of carboxylic acid groups (broad SMARTS) is 1. The molecule has 0 spiro atoms. The van der Waals surface area contributed by atoms with Crippen molar-refractivity contribution in [1.29, 1.82) is 0 Å². The van der Waals surface area contributed by atoms with Crippen LogP contribution < -0.4 is 5.73 Å². The highest BCUT2D eigenvalue weighted by molar-refractivity contribution is 5.99. The fraction of sp³-hybridized carbons (Fsp3) is 0. The lowest BCUT2D eigenvalue weighted by Gasteiger charge is -2.06. The lowest BCUT2D eigenvalue weighted by Crippen LogP contribution is -2.02. The highest BCUT2D eigenvalue weighted by Gasteiger charge is 2.14. The summed E-state index contributed by atoms with van der Waals surface area (Å²) in [5, 5.41) is 15.4. The molecule has 15 heavy (non-hydrogen) atoms. The van der Waals surface area contributed by atoms with Gasteiger partial charge in [0.25, 0.3) is 0 Å². The lowest BCUT2D eigenvalue weighted by atomic mass is 10.0. The number of carboxylic acids is 1. The molecule has 2 rings (SSSR count). The Kier molecular flexibility index (Phi) is 2.13. The van der Waals surface area contributed by atoms with E-state index in [2.05, 4.69) is 10.2 Å². The number of aromatic nitrogens is 2. The molecule has 1 aromatic carbocycles. The van der Waals surface area contributed by atoms with Crippen molar-refractivity contribution in [2.24, 2.45) is 0 Å². The quantitative estimate of drug-likeness (QED) is 0.642. The summed E-state index contributed by atoms with van der Waals surface area (Å²) in [7, 11) is 0. The van der Waals surface area contributed by atoms with Gasteiger partial charge in [0.1, 0.15) is 0 Å². The van der Waals surface area contributed by atoms with Crippen LogP contribution in [0.2, 0.25) is 0 Å². The van der Waals surface area contributed by atoms with Crippen LogP contribution in [-0.2, 0) is 0 Å². The third-order valence-electron chi connectivity index (χ3n) is 2.11. The number of benzene rings is 1. The van der Waals surface area contributed by atoms with E-state index in [4.69, 9.17) is 10.8 Å². The Morgan fingerprint density at radius 3 is 2.87 bits per heavy atom. The average molecular weight is 203 g/mol. The molecule has 1 aromatic heterocycles. The average Bonchev–Trinajstić information content (AvgIpc) is 2.70. The number of aromatic carboxylic acids is 1. The first-order chi connectivity index (χ1) is 7.20. The monoisotopic (exact) mass is 203 g/mol. The number of H-pyrrole nitrogens is 1. The van der Waals surface area contributed by atoms with Gasteiger partial charge in [-0.3, -0.25) is 5.10 Å². The number of hydrogen-bond donors (Lipinski definition) is 3. The first-order valence-electron chi connectivity index (χ1n) is 4.31. The molecule has 0 saturated carbocycles. The van der Waals surface area contributed by atoms with Gasteiger partial charge in [-0.1, -0.05) is 6.07 Å². The molecule has 0 saturated heterocycles. The predicted molar refractivity (Wildman–Crippen MR) is 55.4 cm³/mol. The third-order valence-corrected chi connectivity index (χ3v) is 2.11. The number of hydrogen-bond acceptors (Lipinski definition) is 3. The highest BCUT2D eigenvalue weighted by Crippen LogP contribution is 2.28. The second-order valence-corrected chi connectivity index (χ2v) is 3.06. The van der Waals surface area contributed by atoms with Gasteiger partial charge in [-0.15, -0.1) is 0 Å². The van der Waals surface area contributed by atoms with Gasteiger partial charge in [0.05, 0.1) is 11.8 Å². The maximum absolute atomic E-state index is 11.0. The summed E-state index contributed by atoms with van der Waals surface area (Å²) in [6.45, 7) is 0. The van der Waals surface area contributed by atoms with Crippen LogP contribution in [0.4, 0.5) is 5.69 Å². The van der Waals surface area contributed by atoms with Gasteiger partial charge < -0.3 is 10.8 Å². The van der Waals surface area contributed by atoms with E-state index in [1.807, 2.05) is 0 Å². The first-order valence-corrected chi connectivity index (χ1v) is 4.31. The largest absolute Gasteiger partial charge is 0.478 e. The maximum Gasteiger partial charge on any atom is 0.336 e. The molecule has 5 heteroatoms. The molecule has 0 aliphatic heterocycles. The van der Waals surface area contributed by atoms with E-state index < -0.39 is 5.97 Å². The summed E-state index contributed by atoms with van der Waals surface area (Å²) in [5.74, 6) is -1.00. The second kappa shape index (κ2) is 3.45. The summed E-state index contributed by atoms with van der Waals surface area (Å²) in [6.07, 6.45) is 3.15. The van der Waals surface area contributed by atoms with Gasteiger partial charge in [0.2, 0.25) is 0 Å². The van der Waals surface area contributed by atoms with E-state index in [9.17, 15) is 4.79 Å². The number of nitrogens with one attached hydrogen (secondary N) is 1. The van der Waals surface area contributed by atoms with E-state index >= 15 is 0 Å². The molecule has 2 aromatic rings. The fourth-order valence-corrected chi connectivity index (χ4v) is 1.46. The zero-order chi connectivity index (χ0) is 10.8. The Morgan fingerprint density at radius 1 is 1.47 bits per heavy atom. The zero-order valence-corrected chi connectivity index (χ0v) is 7.77. The molecule has 0 aliphatic rings. The molecule has 1 heterocycles. The van der Waals surface area contributed by atoms with E-state index in [-0.39, 0.29) is 5.56 Å². The van der Waals surface area contributed by atoms with Crippen molar-refractivity contribution in [3.05, 3.63) is 36.2 Å². The minimum absolute atomic E-state index is 0.177. The SMILES string of the molecule is Nc1cccc(C(=O)O)c1-c1cn[nH]c1.